The number of hydrogen-bond donors (Lipinski definition) is 1. The molecule has 3 rings (SSSR count). The summed E-state index contributed by atoms with van der Waals surface area (Å²) >= 11 is 12.3. The lowest BCUT2D eigenvalue weighted by Crippen LogP contribution is -2.52. The van der Waals surface area contributed by atoms with Crippen molar-refractivity contribution < 1.29 is 27.5 Å². The zero-order chi connectivity index (χ0) is 31.0. The highest BCUT2D eigenvalue weighted by molar-refractivity contribution is 7.92. The molecule has 3 aromatic rings. The van der Waals surface area contributed by atoms with Crippen LogP contribution >= 0.6 is 23.2 Å². The summed E-state index contributed by atoms with van der Waals surface area (Å²) in [5.41, 5.74) is 0.891. The molecule has 0 spiro atoms. The van der Waals surface area contributed by atoms with Crippen LogP contribution in [-0.2, 0) is 26.2 Å². The fourth-order valence-electron chi connectivity index (χ4n) is 4.12. The molecule has 42 heavy (non-hydrogen) atoms. The van der Waals surface area contributed by atoms with Gasteiger partial charge in [0.2, 0.25) is 11.8 Å². The summed E-state index contributed by atoms with van der Waals surface area (Å²) in [7, 11) is -1.48. The summed E-state index contributed by atoms with van der Waals surface area (Å²) in [5, 5.41) is 3.76. The Morgan fingerprint density at radius 1 is 0.905 bits per heavy atom. The van der Waals surface area contributed by atoms with Gasteiger partial charge in [0.05, 0.1) is 24.8 Å². The largest absolute Gasteiger partial charge is 0.493 e. The van der Waals surface area contributed by atoms with E-state index in [2.05, 4.69) is 5.32 Å². The monoisotopic (exact) mass is 635 g/mol. The quantitative estimate of drug-likeness (QED) is 0.264. The smallest absolute Gasteiger partial charge is 0.264 e. The highest BCUT2D eigenvalue weighted by Crippen LogP contribution is 2.32. The standard InChI is InChI=1S/C30H35Cl2N3O6S/c1-6-20(2)33-30(37)21(3)34(18-22-8-7-9-24(32)16-22)29(36)19-35(25-12-10-23(31)11-13-25)42(38,39)26-14-15-27(40-4)28(17-26)41-5/h7-17,20-21H,6,18-19H2,1-5H3,(H,33,37)/t20-,21+/m0/s1. The number of benzene rings is 3. The molecule has 12 heteroatoms. The molecule has 0 aliphatic rings. The van der Waals surface area contributed by atoms with Crippen LogP contribution in [0.4, 0.5) is 5.69 Å². The molecule has 0 radical (unpaired) electrons. The molecular formula is C30H35Cl2N3O6S. The molecule has 0 fully saturated rings. The van der Waals surface area contributed by atoms with Gasteiger partial charge in [-0.25, -0.2) is 8.42 Å². The molecule has 226 valence electrons. The van der Waals surface area contributed by atoms with Crippen LogP contribution in [0.5, 0.6) is 11.5 Å². The van der Waals surface area contributed by atoms with Crippen molar-refractivity contribution >= 4 is 50.7 Å². The van der Waals surface area contributed by atoms with Crippen LogP contribution in [0.15, 0.2) is 71.6 Å². The minimum Gasteiger partial charge on any atom is -0.493 e. The van der Waals surface area contributed by atoms with Crippen molar-refractivity contribution in [3.05, 3.63) is 82.3 Å². The molecule has 0 aromatic heterocycles. The molecule has 0 aliphatic carbocycles. The number of halogens is 2. The van der Waals surface area contributed by atoms with Gasteiger partial charge in [-0.3, -0.25) is 13.9 Å². The van der Waals surface area contributed by atoms with E-state index in [-0.39, 0.29) is 34.8 Å². The van der Waals surface area contributed by atoms with Crippen molar-refractivity contribution in [2.24, 2.45) is 0 Å². The highest BCUT2D eigenvalue weighted by atomic mass is 35.5. The number of ether oxygens (including phenoxy) is 2. The first-order valence-corrected chi connectivity index (χ1v) is 15.5. The Hall–Kier alpha value is -3.47. The number of hydrogen-bond acceptors (Lipinski definition) is 6. The number of nitrogens with one attached hydrogen (secondary N) is 1. The van der Waals surface area contributed by atoms with Crippen molar-refractivity contribution in [1.29, 1.82) is 0 Å². The van der Waals surface area contributed by atoms with Gasteiger partial charge in [-0.1, -0.05) is 42.3 Å². The number of anilines is 1. The van der Waals surface area contributed by atoms with Crippen LogP contribution in [0.25, 0.3) is 0 Å². The third-order valence-electron chi connectivity index (χ3n) is 6.75. The average Bonchev–Trinajstić information content (AvgIpc) is 2.98. The fraction of sp³-hybridized carbons (Fsp3) is 0.333. The van der Waals surface area contributed by atoms with E-state index >= 15 is 0 Å². The maximum absolute atomic E-state index is 14.1. The first kappa shape index (κ1) is 33.0. The minimum atomic E-state index is -4.32. The van der Waals surface area contributed by atoms with E-state index in [4.69, 9.17) is 32.7 Å². The van der Waals surface area contributed by atoms with Gasteiger partial charge in [0.15, 0.2) is 11.5 Å². The molecule has 1 N–H and O–H groups in total. The van der Waals surface area contributed by atoms with Crippen LogP contribution in [-0.4, -0.2) is 58.0 Å². The van der Waals surface area contributed by atoms with E-state index in [9.17, 15) is 18.0 Å². The average molecular weight is 637 g/mol. The molecule has 0 heterocycles. The van der Waals surface area contributed by atoms with Crippen LogP contribution in [0.2, 0.25) is 10.0 Å². The number of rotatable bonds is 13. The number of sulfonamides is 1. The van der Waals surface area contributed by atoms with Crippen molar-refractivity contribution in [3.63, 3.8) is 0 Å². The third kappa shape index (κ3) is 8.08. The van der Waals surface area contributed by atoms with Gasteiger partial charge in [-0.05, 0) is 74.4 Å². The van der Waals surface area contributed by atoms with Crippen molar-refractivity contribution in [1.82, 2.24) is 10.2 Å². The van der Waals surface area contributed by atoms with E-state index in [1.54, 1.807) is 31.2 Å². The maximum atomic E-state index is 14.1. The van der Waals surface area contributed by atoms with Crippen LogP contribution < -0.4 is 19.1 Å². The van der Waals surface area contributed by atoms with Gasteiger partial charge < -0.3 is 19.7 Å². The zero-order valence-electron chi connectivity index (χ0n) is 24.1. The second-order valence-corrected chi connectivity index (χ2v) is 12.4. The van der Waals surface area contributed by atoms with Crippen LogP contribution in [0.3, 0.4) is 0 Å². The second kappa shape index (κ2) is 14.6. The van der Waals surface area contributed by atoms with Gasteiger partial charge in [0.25, 0.3) is 10.0 Å². The molecule has 2 amide bonds. The molecule has 0 saturated heterocycles. The first-order valence-electron chi connectivity index (χ1n) is 13.3. The molecule has 0 unspecified atom stereocenters. The fourth-order valence-corrected chi connectivity index (χ4v) is 5.89. The Labute approximate surface area is 257 Å². The third-order valence-corrected chi connectivity index (χ3v) is 9.00. The van der Waals surface area contributed by atoms with Gasteiger partial charge in [-0.2, -0.15) is 0 Å². The molecule has 3 aromatic carbocycles. The van der Waals surface area contributed by atoms with Crippen molar-refractivity contribution in [3.8, 4) is 11.5 Å². The number of carbonyl (C=O) groups is 2. The summed E-state index contributed by atoms with van der Waals surface area (Å²) in [6.45, 7) is 4.84. The summed E-state index contributed by atoms with van der Waals surface area (Å²) in [6.07, 6.45) is 0.703. The predicted molar refractivity (Wildman–Crippen MR) is 165 cm³/mol. The number of methoxy groups -OCH3 is 2. The molecule has 0 aliphatic heterocycles. The number of amides is 2. The topological polar surface area (TPSA) is 105 Å². The van der Waals surface area contributed by atoms with Gasteiger partial charge in [-0.15, -0.1) is 0 Å². The lowest BCUT2D eigenvalue weighted by atomic mass is 10.1. The van der Waals surface area contributed by atoms with Crippen molar-refractivity contribution in [2.75, 3.05) is 25.1 Å². The zero-order valence-corrected chi connectivity index (χ0v) is 26.5. The highest BCUT2D eigenvalue weighted by Gasteiger charge is 2.33. The molecular weight excluding hydrogens is 601 g/mol. The second-order valence-electron chi connectivity index (χ2n) is 9.65. The van der Waals surface area contributed by atoms with E-state index in [0.717, 1.165) is 4.31 Å². The van der Waals surface area contributed by atoms with E-state index in [1.807, 2.05) is 13.8 Å². The van der Waals surface area contributed by atoms with Crippen LogP contribution in [0.1, 0.15) is 32.8 Å². The number of carbonyl (C=O) groups excluding carboxylic acids is 2. The Bertz CT molecular complexity index is 1500. The van der Waals surface area contributed by atoms with Crippen LogP contribution in [0, 0.1) is 0 Å². The summed E-state index contributed by atoms with van der Waals surface area (Å²) in [4.78, 5) is 28.4. The maximum Gasteiger partial charge on any atom is 0.264 e. The first-order chi connectivity index (χ1) is 19.9. The molecule has 0 bridgehead atoms. The summed E-state index contributed by atoms with van der Waals surface area (Å²) in [6, 6.07) is 16.1. The SMILES string of the molecule is CC[C@H](C)NC(=O)[C@@H](C)N(Cc1cccc(Cl)c1)C(=O)CN(c1ccc(Cl)cc1)S(=O)(=O)c1ccc(OC)c(OC)c1. The van der Waals surface area contributed by atoms with E-state index in [1.165, 1.54) is 61.6 Å². The number of nitrogens with zero attached hydrogens (tertiary/aromatic N) is 2. The van der Waals surface area contributed by atoms with Gasteiger partial charge in [0, 0.05) is 28.7 Å². The van der Waals surface area contributed by atoms with E-state index in [0.29, 0.717) is 27.8 Å². The Morgan fingerprint density at radius 3 is 2.17 bits per heavy atom. The lowest BCUT2D eigenvalue weighted by Gasteiger charge is -2.32. The van der Waals surface area contributed by atoms with Crippen molar-refractivity contribution in [2.45, 2.75) is 50.7 Å². The Morgan fingerprint density at radius 2 is 1.57 bits per heavy atom. The normalized spacial score (nSPS) is 12.6. The minimum absolute atomic E-state index is 0.0271. The van der Waals surface area contributed by atoms with Gasteiger partial charge >= 0.3 is 0 Å². The van der Waals surface area contributed by atoms with Gasteiger partial charge in [0.1, 0.15) is 12.6 Å². The molecule has 9 nitrogen and oxygen atoms in total. The summed E-state index contributed by atoms with van der Waals surface area (Å²) in [5.74, 6) is -0.403. The molecule has 0 saturated carbocycles. The van der Waals surface area contributed by atoms with E-state index < -0.39 is 28.5 Å². The molecule has 2 atom stereocenters. The summed E-state index contributed by atoms with van der Waals surface area (Å²) < 4.78 is 39.7. The Balaban J connectivity index is 2.06. The lowest BCUT2D eigenvalue weighted by molar-refractivity contribution is -0.139. The predicted octanol–water partition coefficient (Wildman–Crippen LogP) is 5.54. The Kier molecular flexibility index (Phi) is 11.5.